The second kappa shape index (κ2) is 16.9. The Hall–Kier alpha value is -9.56. The molecule has 1 aliphatic carbocycles. The van der Waals surface area contributed by atoms with E-state index < -0.39 is 0 Å². The van der Waals surface area contributed by atoms with E-state index in [9.17, 15) is 5.26 Å². The number of hydrogen-bond acceptors (Lipinski definition) is 4. The van der Waals surface area contributed by atoms with Gasteiger partial charge in [-0.1, -0.05) is 218 Å². The van der Waals surface area contributed by atoms with Gasteiger partial charge in [0.1, 0.15) is 0 Å². The lowest BCUT2D eigenvalue weighted by Gasteiger charge is -2.15. The number of nitriles is 1. The second-order valence-corrected chi connectivity index (χ2v) is 17.8. The minimum atomic E-state index is 0.590. The summed E-state index contributed by atoms with van der Waals surface area (Å²) in [6.07, 6.45) is 0. The molecular weight excluding hydrogens is 849 g/mol. The van der Waals surface area contributed by atoms with Crippen LogP contribution in [0.3, 0.4) is 0 Å². The van der Waals surface area contributed by atoms with Crippen molar-refractivity contribution in [1.29, 1.82) is 5.26 Å². The first-order valence-electron chi connectivity index (χ1n) is 23.6. The van der Waals surface area contributed by atoms with Crippen LogP contribution in [0.2, 0.25) is 0 Å². The fraction of sp³-hybridized carbons (Fsp3) is 0. The Kier molecular flexibility index (Phi) is 9.85. The van der Waals surface area contributed by atoms with E-state index in [1.165, 1.54) is 43.8 Å². The van der Waals surface area contributed by atoms with Crippen LogP contribution in [0.15, 0.2) is 243 Å². The van der Waals surface area contributed by atoms with Gasteiger partial charge < -0.3 is 0 Å². The summed E-state index contributed by atoms with van der Waals surface area (Å²) in [5.74, 6) is 1.81. The van der Waals surface area contributed by atoms with Gasteiger partial charge in [-0.25, -0.2) is 15.0 Å². The van der Waals surface area contributed by atoms with Gasteiger partial charge in [0.2, 0.25) is 0 Å². The molecule has 1 aliphatic rings. The first-order valence-corrected chi connectivity index (χ1v) is 23.6. The van der Waals surface area contributed by atoms with Gasteiger partial charge in [0.25, 0.3) is 0 Å². The molecule has 13 rings (SSSR count). The molecule has 4 nitrogen and oxygen atoms in total. The van der Waals surface area contributed by atoms with Crippen LogP contribution in [0.4, 0.5) is 0 Å². The maximum Gasteiger partial charge on any atom is 0.164 e. The van der Waals surface area contributed by atoms with Gasteiger partial charge in [0.15, 0.2) is 17.5 Å². The largest absolute Gasteiger partial charge is 0.208 e. The number of rotatable bonds is 8. The highest BCUT2D eigenvalue weighted by Gasteiger charge is 2.22. The van der Waals surface area contributed by atoms with Crippen molar-refractivity contribution in [3.8, 4) is 118 Å². The highest BCUT2D eigenvalue weighted by Crippen LogP contribution is 2.49. The Morgan fingerprint density at radius 1 is 0.271 bits per heavy atom. The molecule has 1 heterocycles. The smallest absolute Gasteiger partial charge is 0.164 e. The number of fused-ring (bicyclic) bond motifs is 4. The number of hydrogen-bond donors (Lipinski definition) is 0. The summed E-state index contributed by atoms with van der Waals surface area (Å²) < 4.78 is 0. The van der Waals surface area contributed by atoms with E-state index in [0.717, 1.165) is 72.3 Å². The number of aromatic nitrogens is 3. The molecule has 0 radical (unpaired) electrons. The molecule has 0 saturated carbocycles. The minimum absolute atomic E-state index is 0.590. The van der Waals surface area contributed by atoms with Crippen molar-refractivity contribution >= 4 is 21.5 Å². The molecule has 0 saturated heterocycles. The van der Waals surface area contributed by atoms with Gasteiger partial charge in [0.05, 0.1) is 11.6 Å². The van der Waals surface area contributed by atoms with Crippen LogP contribution in [-0.4, -0.2) is 15.0 Å². The Morgan fingerprint density at radius 2 is 0.757 bits per heavy atom. The minimum Gasteiger partial charge on any atom is -0.208 e. The molecule has 0 amide bonds. The first kappa shape index (κ1) is 40.7. The van der Waals surface area contributed by atoms with Crippen molar-refractivity contribution in [3.63, 3.8) is 0 Å². The van der Waals surface area contributed by atoms with E-state index in [1.54, 1.807) is 0 Å². The molecule has 0 unspecified atom stereocenters. The quantitative estimate of drug-likeness (QED) is 0.152. The van der Waals surface area contributed by atoms with Crippen molar-refractivity contribution < 1.29 is 0 Å². The van der Waals surface area contributed by atoms with Gasteiger partial charge in [-0.3, -0.25) is 0 Å². The SMILES string of the molecule is N#Cc1cccc(-c2cccc(-c3ccc4c(c3)-c3cccc5cccc-4c35)c2)c1-c1ccc(-c2cccc(-c3nc(-c4ccccc4)nc(-c4ccccc4-c4cccc5ccccc45)n3)c2)cc1. The van der Waals surface area contributed by atoms with Crippen molar-refractivity contribution in [2.75, 3.05) is 0 Å². The predicted molar refractivity (Wildman–Crippen MR) is 287 cm³/mol. The molecule has 4 heteroatoms. The van der Waals surface area contributed by atoms with Gasteiger partial charge >= 0.3 is 0 Å². The monoisotopic (exact) mass is 888 g/mol. The summed E-state index contributed by atoms with van der Waals surface area (Å²) in [5, 5.41) is 15.5. The topological polar surface area (TPSA) is 62.5 Å². The van der Waals surface area contributed by atoms with Gasteiger partial charge in [-0.2, -0.15) is 5.26 Å². The van der Waals surface area contributed by atoms with E-state index in [-0.39, 0.29) is 0 Å². The lowest BCUT2D eigenvalue weighted by molar-refractivity contribution is 1.07. The zero-order chi connectivity index (χ0) is 46.5. The highest BCUT2D eigenvalue weighted by atomic mass is 15.0. The molecule has 324 valence electrons. The number of benzene rings is 11. The Morgan fingerprint density at radius 3 is 1.56 bits per heavy atom. The fourth-order valence-corrected chi connectivity index (χ4v) is 10.4. The van der Waals surface area contributed by atoms with Crippen molar-refractivity contribution in [3.05, 3.63) is 248 Å². The van der Waals surface area contributed by atoms with Crippen molar-refractivity contribution in [1.82, 2.24) is 15.0 Å². The third-order valence-corrected chi connectivity index (χ3v) is 13.7. The van der Waals surface area contributed by atoms with Gasteiger partial charge in [-0.05, 0) is 118 Å². The zero-order valence-electron chi connectivity index (χ0n) is 37.9. The standard InChI is InChI=1S/C66H40N4/c67-41-52-24-13-28-54(50-22-8-21-48(38-50)49-36-37-57-58-30-11-18-44-19-12-31-59(63(44)58)61(57)40-49)62(52)45-34-32-42(33-35-45)47-20-9-23-51(39-47)65-68-64(46-15-2-1-3-16-46)69-66(70-65)60-27-7-6-26-56(60)55-29-10-17-43-14-4-5-25-53(43)55/h1-40H. The maximum atomic E-state index is 10.5. The summed E-state index contributed by atoms with van der Waals surface area (Å²) in [4.78, 5) is 15.4. The van der Waals surface area contributed by atoms with Crippen LogP contribution in [0.1, 0.15) is 5.56 Å². The van der Waals surface area contributed by atoms with Crippen molar-refractivity contribution in [2.45, 2.75) is 0 Å². The van der Waals surface area contributed by atoms with E-state index in [4.69, 9.17) is 15.0 Å². The lowest BCUT2D eigenvalue weighted by Crippen LogP contribution is -2.01. The molecule has 1 aromatic heterocycles. The normalized spacial score (nSPS) is 11.4. The second-order valence-electron chi connectivity index (χ2n) is 17.8. The first-order chi connectivity index (χ1) is 34.6. The average molecular weight is 889 g/mol. The van der Waals surface area contributed by atoms with Gasteiger partial charge in [0, 0.05) is 22.3 Å². The molecule has 0 aliphatic heterocycles. The van der Waals surface area contributed by atoms with Crippen LogP contribution in [0, 0.1) is 11.3 Å². The van der Waals surface area contributed by atoms with Crippen LogP contribution < -0.4 is 0 Å². The molecular formula is C66H40N4. The summed E-state index contributed by atoms with van der Waals surface area (Å²) in [6.45, 7) is 0. The van der Waals surface area contributed by atoms with Crippen LogP contribution in [-0.2, 0) is 0 Å². The third kappa shape index (κ3) is 7.04. The van der Waals surface area contributed by atoms with E-state index in [2.05, 4.69) is 200 Å². The predicted octanol–water partition coefficient (Wildman–Crippen LogP) is 17.0. The summed E-state index contributed by atoms with van der Waals surface area (Å²) in [7, 11) is 0. The highest BCUT2D eigenvalue weighted by molar-refractivity contribution is 6.15. The van der Waals surface area contributed by atoms with Crippen molar-refractivity contribution in [2.24, 2.45) is 0 Å². The molecule has 0 spiro atoms. The maximum absolute atomic E-state index is 10.5. The summed E-state index contributed by atoms with van der Waals surface area (Å²) in [5.41, 5.74) is 19.0. The lowest BCUT2D eigenvalue weighted by atomic mass is 9.88. The Balaban J connectivity index is 0.851. The molecule has 0 bridgehead atoms. The van der Waals surface area contributed by atoms with Crippen LogP contribution in [0.5, 0.6) is 0 Å². The van der Waals surface area contributed by atoms with Crippen LogP contribution >= 0.6 is 0 Å². The van der Waals surface area contributed by atoms with Gasteiger partial charge in [-0.15, -0.1) is 0 Å². The van der Waals surface area contributed by atoms with E-state index in [1.807, 2.05) is 48.5 Å². The molecule has 11 aromatic carbocycles. The molecule has 0 N–H and O–H groups in total. The summed E-state index contributed by atoms with van der Waals surface area (Å²) in [6, 6.07) is 87.5. The fourth-order valence-electron chi connectivity index (χ4n) is 10.4. The molecule has 12 aromatic rings. The molecule has 70 heavy (non-hydrogen) atoms. The third-order valence-electron chi connectivity index (χ3n) is 13.7. The number of nitrogens with zero attached hydrogens (tertiary/aromatic N) is 4. The van der Waals surface area contributed by atoms with E-state index in [0.29, 0.717) is 23.0 Å². The molecule has 0 atom stereocenters. The summed E-state index contributed by atoms with van der Waals surface area (Å²) >= 11 is 0. The Labute approximate surface area is 406 Å². The zero-order valence-corrected chi connectivity index (χ0v) is 37.9. The van der Waals surface area contributed by atoms with E-state index >= 15 is 0 Å². The average Bonchev–Trinajstić information content (AvgIpc) is 3.76. The van der Waals surface area contributed by atoms with Crippen LogP contribution in [0.25, 0.3) is 134 Å². The Bertz CT molecular complexity index is 4060. The molecule has 0 fully saturated rings.